The molecule has 2 aromatic carbocycles. The molecule has 1 amide bonds. The van der Waals surface area contributed by atoms with E-state index in [1.54, 1.807) is 24.3 Å². The summed E-state index contributed by atoms with van der Waals surface area (Å²) in [6.07, 6.45) is 0.549. The Morgan fingerprint density at radius 3 is 2.46 bits per heavy atom. The molecule has 1 aliphatic rings. The molecule has 1 unspecified atom stereocenters. The number of halogens is 1. The maximum absolute atomic E-state index is 13.7. The topological polar surface area (TPSA) is 87.1 Å². The zero-order valence-corrected chi connectivity index (χ0v) is 13.8. The number of aromatic hydroxyl groups is 1. The summed E-state index contributed by atoms with van der Waals surface area (Å²) in [6, 6.07) is 10.7. The van der Waals surface area contributed by atoms with Crippen molar-refractivity contribution in [1.29, 1.82) is 0 Å². The lowest BCUT2D eigenvalue weighted by Crippen LogP contribution is -2.41. The van der Waals surface area contributed by atoms with Gasteiger partial charge in [-0.25, -0.2) is 14.0 Å². The summed E-state index contributed by atoms with van der Waals surface area (Å²) in [4.78, 5) is 25.5. The Balaban J connectivity index is 1.82. The van der Waals surface area contributed by atoms with E-state index in [1.807, 2.05) is 6.07 Å². The Labute approximate surface area is 149 Å². The number of carboxylic acid groups (broad SMARTS) is 1. The van der Waals surface area contributed by atoms with Gasteiger partial charge in [-0.05, 0) is 36.1 Å². The maximum Gasteiger partial charge on any atom is 0.411 e. The van der Waals surface area contributed by atoms with Gasteiger partial charge in [0.05, 0.1) is 0 Å². The third kappa shape index (κ3) is 3.93. The molecule has 6 nitrogen and oxygen atoms in total. The molecule has 1 saturated carbocycles. The molecule has 0 aromatic heterocycles. The third-order valence-electron chi connectivity index (χ3n) is 4.16. The number of benzene rings is 2. The highest BCUT2D eigenvalue weighted by molar-refractivity contribution is 5.82. The molecular weight excluding hydrogens is 341 g/mol. The number of phenolic OH excluding ortho intramolecular Hbond substituents is 1. The standard InChI is InChI=1S/C19H18FNO5/c20-15-10-13(6-9-16(15)22)17(18(23)24)21(14-7-8-14)19(25)26-11-12-4-2-1-3-5-12/h1-6,9-10,14,17,22H,7-8,11H2,(H,23,24). The fourth-order valence-electron chi connectivity index (χ4n) is 2.73. The molecule has 2 aromatic rings. The second kappa shape index (κ2) is 7.43. The van der Waals surface area contributed by atoms with Gasteiger partial charge in [0.2, 0.25) is 0 Å². The first-order valence-corrected chi connectivity index (χ1v) is 8.17. The minimum atomic E-state index is -1.39. The molecule has 7 heteroatoms. The van der Waals surface area contributed by atoms with Gasteiger partial charge in [-0.15, -0.1) is 0 Å². The van der Waals surface area contributed by atoms with Crippen molar-refractivity contribution in [3.05, 3.63) is 65.5 Å². The number of carbonyl (C=O) groups excluding carboxylic acids is 1. The van der Waals surface area contributed by atoms with Crippen molar-refractivity contribution < 1.29 is 28.9 Å². The van der Waals surface area contributed by atoms with Crippen molar-refractivity contribution in [2.24, 2.45) is 0 Å². The van der Waals surface area contributed by atoms with Crippen LogP contribution in [0.4, 0.5) is 9.18 Å². The van der Waals surface area contributed by atoms with E-state index in [1.165, 1.54) is 6.07 Å². The van der Waals surface area contributed by atoms with Crippen LogP contribution in [-0.4, -0.2) is 33.2 Å². The molecule has 1 fully saturated rings. The van der Waals surface area contributed by atoms with Crippen molar-refractivity contribution in [3.8, 4) is 5.75 Å². The van der Waals surface area contributed by atoms with Crippen LogP contribution in [0.1, 0.15) is 30.0 Å². The highest BCUT2D eigenvalue weighted by Gasteiger charge is 2.42. The van der Waals surface area contributed by atoms with Crippen LogP contribution in [0.3, 0.4) is 0 Å². The fraction of sp³-hybridized carbons (Fsp3) is 0.263. The maximum atomic E-state index is 13.7. The van der Waals surface area contributed by atoms with Gasteiger partial charge in [-0.2, -0.15) is 0 Å². The van der Waals surface area contributed by atoms with E-state index in [2.05, 4.69) is 0 Å². The molecule has 0 heterocycles. The summed E-state index contributed by atoms with van der Waals surface area (Å²) < 4.78 is 19.0. The van der Waals surface area contributed by atoms with E-state index >= 15 is 0 Å². The van der Waals surface area contributed by atoms with Crippen LogP contribution in [-0.2, 0) is 16.1 Å². The van der Waals surface area contributed by atoms with E-state index in [4.69, 9.17) is 4.74 Å². The van der Waals surface area contributed by atoms with Crippen molar-refractivity contribution >= 4 is 12.1 Å². The van der Waals surface area contributed by atoms with Gasteiger partial charge >= 0.3 is 12.1 Å². The average Bonchev–Trinajstić information content (AvgIpc) is 3.45. The first kappa shape index (κ1) is 17.7. The number of hydrogen-bond donors (Lipinski definition) is 2. The first-order chi connectivity index (χ1) is 12.5. The molecule has 1 atom stereocenters. The summed E-state index contributed by atoms with van der Waals surface area (Å²) in [6.45, 7) is 0.0131. The largest absolute Gasteiger partial charge is 0.505 e. The number of hydrogen-bond acceptors (Lipinski definition) is 4. The lowest BCUT2D eigenvalue weighted by Gasteiger charge is -2.28. The Hall–Kier alpha value is -3.09. The smallest absolute Gasteiger partial charge is 0.411 e. The van der Waals surface area contributed by atoms with Crippen LogP contribution in [0.2, 0.25) is 0 Å². The molecule has 0 saturated heterocycles. The predicted molar refractivity (Wildman–Crippen MR) is 89.9 cm³/mol. The van der Waals surface area contributed by atoms with Gasteiger partial charge in [0.25, 0.3) is 0 Å². The van der Waals surface area contributed by atoms with Crippen LogP contribution in [0.5, 0.6) is 5.75 Å². The SMILES string of the molecule is O=C(O)C(c1ccc(O)c(F)c1)N(C(=O)OCc1ccccc1)C1CC1. The minimum Gasteiger partial charge on any atom is -0.505 e. The molecule has 0 radical (unpaired) electrons. The third-order valence-corrected chi connectivity index (χ3v) is 4.16. The van der Waals surface area contributed by atoms with Crippen molar-refractivity contribution in [1.82, 2.24) is 4.90 Å². The van der Waals surface area contributed by atoms with Crippen LogP contribution in [0.25, 0.3) is 0 Å². The minimum absolute atomic E-state index is 0.0131. The zero-order valence-electron chi connectivity index (χ0n) is 13.8. The summed E-state index contributed by atoms with van der Waals surface area (Å²) in [7, 11) is 0. The van der Waals surface area contributed by atoms with E-state index in [-0.39, 0.29) is 18.2 Å². The summed E-state index contributed by atoms with van der Waals surface area (Å²) in [5, 5.41) is 18.9. The van der Waals surface area contributed by atoms with Crippen molar-refractivity contribution in [3.63, 3.8) is 0 Å². The normalized spacial score (nSPS) is 14.5. The quantitative estimate of drug-likeness (QED) is 0.825. The second-order valence-electron chi connectivity index (χ2n) is 6.13. The monoisotopic (exact) mass is 359 g/mol. The number of carbonyl (C=O) groups is 2. The van der Waals surface area contributed by atoms with Gasteiger partial charge in [-0.3, -0.25) is 4.90 Å². The number of nitrogens with zero attached hydrogens (tertiary/aromatic N) is 1. The van der Waals surface area contributed by atoms with Crippen LogP contribution >= 0.6 is 0 Å². The van der Waals surface area contributed by atoms with Gasteiger partial charge in [-0.1, -0.05) is 36.4 Å². The number of amides is 1. The molecule has 2 N–H and O–H groups in total. The van der Waals surface area contributed by atoms with Gasteiger partial charge in [0.15, 0.2) is 17.6 Å². The number of aliphatic carboxylic acids is 1. The molecule has 1 aliphatic carbocycles. The number of phenols is 1. The summed E-state index contributed by atoms with van der Waals surface area (Å²) in [5.41, 5.74) is 0.843. The Bertz CT molecular complexity index is 807. The first-order valence-electron chi connectivity index (χ1n) is 8.17. The predicted octanol–water partition coefficient (Wildman–Crippen LogP) is 3.46. The van der Waals surface area contributed by atoms with E-state index in [0.717, 1.165) is 22.6 Å². The Morgan fingerprint density at radius 1 is 1.19 bits per heavy atom. The lowest BCUT2D eigenvalue weighted by molar-refractivity contribution is -0.143. The molecule has 3 rings (SSSR count). The number of rotatable bonds is 6. The molecule has 0 aliphatic heterocycles. The second-order valence-corrected chi connectivity index (χ2v) is 6.13. The van der Waals surface area contributed by atoms with E-state index in [0.29, 0.717) is 12.8 Å². The molecule has 0 bridgehead atoms. The molecule has 0 spiro atoms. The van der Waals surface area contributed by atoms with Crippen molar-refractivity contribution in [2.45, 2.75) is 31.5 Å². The van der Waals surface area contributed by atoms with Crippen LogP contribution in [0.15, 0.2) is 48.5 Å². The van der Waals surface area contributed by atoms with Crippen LogP contribution < -0.4 is 0 Å². The Kier molecular flexibility index (Phi) is 5.06. The van der Waals surface area contributed by atoms with Gasteiger partial charge in [0, 0.05) is 6.04 Å². The molecule has 26 heavy (non-hydrogen) atoms. The molecular formula is C19H18FNO5. The van der Waals surface area contributed by atoms with Crippen molar-refractivity contribution in [2.75, 3.05) is 0 Å². The fourth-order valence-corrected chi connectivity index (χ4v) is 2.73. The van der Waals surface area contributed by atoms with Gasteiger partial charge in [0.1, 0.15) is 6.61 Å². The lowest BCUT2D eigenvalue weighted by atomic mass is 10.0. The Morgan fingerprint density at radius 2 is 1.88 bits per heavy atom. The van der Waals surface area contributed by atoms with E-state index in [9.17, 15) is 24.2 Å². The highest BCUT2D eigenvalue weighted by Crippen LogP contribution is 2.36. The summed E-state index contributed by atoms with van der Waals surface area (Å²) in [5.74, 6) is -2.82. The van der Waals surface area contributed by atoms with E-state index < -0.39 is 29.7 Å². The molecule has 136 valence electrons. The number of carboxylic acids is 1. The zero-order chi connectivity index (χ0) is 18.7. The summed E-state index contributed by atoms with van der Waals surface area (Å²) >= 11 is 0. The average molecular weight is 359 g/mol. The highest BCUT2D eigenvalue weighted by atomic mass is 19.1. The van der Waals surface area contributed by atoms with Crippen LogP contribution in [0, 0.1) is 5.82 Å². The van der Waals surface area contributed by atoms with Gasteiger partial charge < -0.3 is 14.9 Å². The number of ether oxygens (including phenoxy) is 1.